The highest BCUT2D eigenvalue weighted by atomic mass is 32.1. The van der Waals surface area contributed by atoms with E-state index >= 15 is 0 Å². The fourth-order valence-corrected chi connectivity index (χ4v) is 1.42. The molecule has 1 aromatic rings. The van der Waals surface area contributed by atoms with Crippen LogP contribution in [0.1, 0.15) is 21.5 Å². The van der Waals surface area contributed by atoms with Crippen LogP contribution >= 0.6 is 12.6 Å². The van der Waals surface area contributed by atoms with Crippen LogP contribution in [0.15, 0.2) is 18.2 Å². The second-order valence-corrected chi connectivity index (χ2v) is 3.47. The normalized spacial score (nSPS) is 11.2. The summed E-state index contributed by atoms with van der Waals surface area (Å²) in [4.78, 5) is 11.8. The van der Waals surface area contributed by atoms with Gasteiger partial charge in [-0.2, -0.15) is 23.2 Å². The number of nitriles is 2. The Morgan fingerprint density at radius 2 is 2.12 bits per heavy atom. The second-order valence-electron chi connectivity index (χ2n) is 3.11. The lowest BCUT2D eigenvalue weighted by atomic mass is 9.97. The number of nitrogens with two attached hydrogens (primary N) is 1. The van der Waals surface area contributed by atoms with Crippen LogP contribution in [0.5, 0.6) is 0 Å². The largest absolute Gasteiger partial charge is 0.321 e. The number of ketones is 1. The molecule has 0 saturated carbocycles. The van der Waals surface area contributed by atoms with Gasteiger partial charge in [0, 0.05) is 11.3 Å². The van der Waals surface area contributed by atoms with Gasteiger partial charge in [0.1, 0.15) is 12.1 Å². The first-order valence-corrected chi connectivity index (χ1v) is 5.12. The molecule has 0 radical (unpaired) electrons. The first kappa shape index (κ1) is 12.3. The summed E-state index contributed by atoms with van der Waals surface area (Å²) in [6.07, 6.45) is 0. The third kappa shape index (κ3) is 2.22. The Morgan fingerprint density at radius 1 is 1.44 bits per heavy atom. The molecule has 0 saturated heterocycles. The van der Waals surface area contributed by atoms with Crippen molar-refractivity contribution >= 4 is 18.4 Å². The van der Waals surface area contributed by atoms with Crippen molar-refractivity contribution in [2.45, 2.75) is 6.04 Å². The van der Waals surface area contributed by atoms with Gasteiger partial charge in [0.25, 0.3) is 0 Å². The molecular weight excluding hydrogens is 222 g/mol. The zero-order chi connectivity index (χ0) is 12.1. The molecule has 0 fully saturated rings. The summed E-state index contributed by atoms with van der Waals surface area (Å²) in [5, 5.41) is 17.7. The predicted octanol–water partition coefficient (Wildman–Crippen LogP) is 0.870. The molecule has 1 unspecified atom stereocenters. The number of carbonyl (C=O) groups excluding carboxylic acids is 1. The first-order chi connectivity index (χ1) is 7.65. The van der Waals surface area contributed by atoms with Crippen molar-refractivity contribution in [1.29, 1.82) is 10.5 Å². The molecule has 0 spiro atoms. The molecule has 5 heteroatoms. The van der Waals surface area contributed by atoms with Gasteiger partial charge in [-0.05, 0) is 12.1 Å². The van der Waals surface area contributed by atoms with Gasteiger partial charge in [0.15, 0.2) is 5.78 Å². The van der Waals surface area contributed by atoms with Crippen LogP contribution < -0.4 is 5.73 Å². The highest BCUT2D eigenvalue weighted by Crippen LogP contribution is 2.15. The SMILES string of the molecule is N#Cc1cccc(C(=O)C(N)CS)c1C#N. The fourth-order valence-electron chi connectivity index (χ4n) is 1.25. The summed E-state index contributed by atoms with van der Waals surface area (Å²) in [6, 6.07) is 7.49. The minimum atomic E-state index is -0.760. The van der Waals surface area contributed by atoms with Gasteiger partial charge < -0.3 is 5.73 Å². The molecule has 4 nitrogen and oxygen atoms in total. The van der Waals surface area contributed by atoms with E-state index in [-0.39, 0.29) is 28.2 Å². The Labute approximate surface area is 98.7 Å². The standard InChI is InChI=1S/C11H9N3OS/c12-4-7-2-1-3-8(9(7)5-13)11(15)10(14)6-16/h1-3,10,16H,6,14H2. The molecule has 0 heterocycles. The highest BCUT2D eigenvalue weighted by molar-refractivity contribution is 7.80. The molecule has 1 rings (SSSR count). The molecule has 1 atom stereocenters. The molecule has 0 bridgehead atoms. The summed E-state index contributed by atoms with van der Waals surface area (Å²) < 4.78 is 0. The minimum Gasteiger partial charge on any atom is -0.321 e. The molecule has 0 aliphatic rings. The Bertz CT molecular complexity index is 499. The van der Waals surface area contributed by atoms with Crippen molar-refractivity contribution in [1.82, 2.24) is 0 Å². The quantitative estimate of drug-likeness (QED) is 0.596. The third-order valence-electron chi connectivity index (χ3n) is 2.10. The third-order valence-corrected chi connectivity index (χ3v) is 2.49. The summed E-state index contributed by atoms with van der Waals surface area (Å²) >= 11 is 3.92. The van der Waals surface area contributed by atoms with Crippen molar-refractivity contribution in [3.05, 3.63) is 34.9 Å². The van der Waals surface area contributed by atoms with Crippen molar-refractivity contribution in [2.75, 3.05) is 5.75 Å². The summed E-state index contributed by atoms with van der Waals surface area (Å²) in [5.74, 6) is -0.177. The molecule has 0 aliphatic carbocycles. The molecule has 0 aromatic heterocycles. The maximum Gasteiger partial charge on any atom is 0.181 e. The monoisotopic (exact) mass is 231 g/mol. The summed E-state index contributed by atoms with van der Waals surface area (Å²) in [6.45, 7) is 0. The number of hydrogen-bond donors (Lipinski definition) is 2. The van der Waals surface area contributed by atoms with Gasteiger partial charge in [-0.15, -0.1) is 0 Å². The van der Waals surface area contributed by atoms with E-state index in [2.05, 4.69) is 12.6 Å². The molecule has 1 aromatic carbocycles. The molecule has 0 aliphatic heterocycles. The van der Waals surface area contributed by atoms with E-state index in [9.17, 15) is 4.79 Å². The van der Waals surface area contributed by atoms with Crippen LogP contribution in [-0.4, -0.2) is 17.6 Å². The number of nitrogens with zero attached hydrogens (tertiary/aromatic N) is 2. The van der Waals surface area contributed by atoms with E-state index in [1.54, 1.807) is 6.07 Å². The average Bonchev–Trinajstić information content (AvgIpc) is 2.35. The number of benzene rings is 1. The molecule has 2 N–H and O–H groups in total. The van der Waals surface area contributed by atoms with Gasteiger partial charge in [-0.25, -0.2) is 0 Å². The van der Waals surface area contributed by atoms with Crippen LogP contribution in [-0.2, 0) is 0 Å². The van der Waals surface area contributed by atoms with Crippen LogP contribution in [0.3, 0.4) is 0 Å². The topological polar surface area (TPSA) is 90.7 Å². The number of carbonyl (C=O) groups is 1. The smallest absolute Gasteiger partial charge is 0.181 e. The van der Waals surface area contributed by atoms with Gasteiger partial charge in [-0.1, -0.05) is 6.07 Å². The Kier molecular flexibility index (Phi) is 4.07. The van der Waals surface area contributed by atoms with E-state index in [4.69, 9.17) is 16.3 Å². The average molecular weight is 231 g/mol. The van der Waals surface area contributed by atoms with Crippen molar-refractivity contribution < 1.29 is 4.79 Å². The van der Waals surface area contributed by atoms with E-state index in [0.29, 0.717) is 0 Å². The summed E-state index contributed by atoms with van der Waals surface area (Å²) in [5.41, 5.74) is 5.99. The van der Waals surface area contributed by atoms with Crippen LogP contribution in [0, 0.1) is 22.7 Å². The number of thiol groups is 1. The Morgan fingerprint density at radius 3 is 2.62 bits per heavy atom. The van der Waals surface area contributed by atoms with E-state index in [0.717, 1.165) is 0 Å². The first-order valence-electron chi connectivity index (χ1n) is 4.49. The summed E-state index contributed by atoms with van der Waals surface area (Å²) in [7, 11) is 0. The van der Waals surface area contributed by atoms with Gasteiger partial charge in [0.05, 0.1) is 17.2 Å². The van der Waals surface area contributed by atoms with Crippen LogP contribution in [0.4, 0.5) is 0 Å². The lowest BCUT2D eigenvalue weighted by molar-refractivity contribution is 0.0969. The maximum atomic E-state index is 11.8. The number of rotatable bonds is 3. The molecular formula is C11H9N3OS. The molecule has 80 valence electrons. The van der Waals surface area contributed by atoms with Crippen LogP contribution in [0.25, 0.3) is 0 Å². The predicted molar refractivity (Wildman–Crippen MR) is 62.0 cm³/mol. The zero-order valence-corrected chi connectivity index (χ0v) is 9.24. The van der Waals surface area contributed by atoms with Crippen molar-refractivity contribution in [3.63, 3.8) is 0 Å². The van der Waals surface area contributed by atoms with E-state index < -0.39 is 6.04 Å². The van der Waals surface area contributed by atoms with Crippen LogP contribution in [0.2, 0.25) is 0 Å². The Hall–Kier alpha value is -1.82. The number of hydrogen-bond acceptors (Lipinski definition) is 5. The fraction of sp³-hybridized carbons (Fsp3) is 0.182. The van der Waals surface area contributed by atoms with Gasteiger partial charge in [0.2, 0.25) is 0 Å². The Balaban J connectivity index is 3.31. The molecule has 16 heavy (non-hydrogen) atoms. The highest BCUT2D eigenvalue weighted by Gasteiger charge is 2.19. The van der Waals surface area contributed by atoms with Crippen molar-refractivity contribution in [3.8, 4) is 12.1 Å². The van der Waals surface area contributed by atoms with E-state index in [1.807, 2.05) is 12.1 Å². The van der Waals surface area contributed by atoms with Gasteiger partial charge in [-0.3, -0.25) is 4.79 Å². The minimum absolute atomic E-state index is 0.0761. The number of Topliss-reactive ketones (excluding diaryl/α,β-unsaturated/α-hetero) is 1. The van der Waals surface area contributed by atoms with Gasteiger partial charge >= 0.3 is 0 Å². The maximum absolute atomic E-state index is 11.8. The molecule has 0 amide bonds. The van der Waals surface area contributed by atoms with E-state index in [1.165, 1.54) is 12.1 Å². The van der Waals surface area contributed by atoms with Crippen molar-refractivity contribution in [2.24, 2.45) is 5.73 Å². The second kappa shape index (κ2) is 5.32. The lowest BCUT2D eigenvalue weighted by Crippen LogP contribution is -2.32. The zero-order valence-electron chi connectivity index (χ0n) is 8.34. The lowest BCUT2D eigenvalue weighted by Gasteiger charge is -2.08.